The van der Waals surface area contributed by atoms with Gasteiger partial charge in [-0.2, -0.15) is 0 Å². The summed E-state index contributed by atoms with van der Waals surface area (Å²) in [5.41, 5.74) is 2.34. The summed E-state index contributed by atoms with van der Waals surface area (Å²) in [5, 5.41) is 12.7. The molecule has 0 bridgehead atoms. The highest BCUT2D eigenvalue weighted by atomic mass is 16.3. The zero-order valence-corrected chi connectivity index (χ0v) is 11.4. The molecule has 0 atom stereocenters. The number of carbonyl (C=O) groups is 2. The van der Waals surface area contributed by atoms with Gasteiger partial charge in [-0.3, -0.25) is 9.59 Å². The lowest BCUT2D eigenvalue weighted by atomic mass is 9.92. The van der Waals surface area contributed by atoms with Crippen molar-refractivity contribution in [3.8, 4) is 5.75 Å². The molecule has 0 saturated heterocycles. The molecule has 2 aromatic rings. The van der Waals surface area contributed by atoms with Crippen LogP contribution in [0.15, 0.2) is 54.2 Å². The number of Topliss-reactive ketones (excluding diaryl/α,β-unsaturated/α-hetero) is 1. The van der Waals surface area contributed by atoms with Crippen LogP contribution in [0.2, 0.25) is 0 Å². The van der Waals surface area contributed by atoms with Crippen LogP contribution in [0.1, 0.15) is 26.3 Å². The third-order valence-corrected chi connectivity index (χ3v) is 3.38. The average Bonchev–Trinajstić information content (AvgIpc) is 2.46. The first-order chi connectivity index (χ1) is 10.1. The lowest BCUT2D eigenvalue weighted by Crippen LogP contribution is -2.21. The van der Waals surface area contributed by atoms with Crippen LogP contribution in [-0.4, -0.2) is 16.7 Å². The predicted molar refractivity (Wildman–Crippen MR) is 79.7 cm³/mol. The molecule has 2 N–H and O–H groups in total. The Kier molecular flexibility index (Phi) is 3.06. The van der Waals surface area contributed by atoms with Gasteiger partial charge in [0, 0.05) is 17.3 Å². The van der Waals surface area contributed by atoms with Crippen LogP contribution in [0.5, 0.6) is 5.75 Å². The Balaban J connectivity index is 1.97. The molecule has 4 heteroatoms. The fourth-order valence-corrected chi connectivity index (χ4v) is 2.29. The Morgan fingerprint density at radius 1 is 1.00 bits per heavy atom. The standard InChI is InChI=1S/C17H13NO3/c1-10-5-7-11(8-6-10)18-13-9-15(20)16-12(17(13)21)3-2-4-14(16)19/h2-9,18-19H,1H3. The van der Waals surface area contributed by atoms with Crippen molar-refractivity contribution in [1.29, 1.82) is 0 Å². The molecule has 0 unspecified atom stereocenters. The summed E-state index contributed by atoms with van der Waals surface area (Å²) >= 11 is 0. The smallest absolute Gasteiger partial charge is 0.210 e. The number of phenols is 1. The Bertz CT molecular complexity index is 773. The van der Waals surface area contributed by atoms with E-state index in [1.807, 2.05) is 31.2 Å². The number of phenolic OH excluding ortho intramolecular Hbond substituents is 1. The maximum atomic E-state index is 12.4. The zero-order chi connectivity index (χ0) is 15.0. The first kappa shape index (κ1) is 13.1. The average molecular weight is 279 g/mol. The highest BCUT2D eigenvalue weighted by Gasteiger charge is 2.27. The summed E-state index contributed by atoms with van der Waals surface area (Å²) in [6.07, 6.45) is 1.23. The zero-order valence-electron chi connectivity index (χ0n) is 11.4. The molecule has 2 aromatic carbocycles. The van der Waals surface area contributed by atoms with Gasteiger partial charge in [0.1, 0.15) is 5.75 Å². The second kappa shape index (κ2) is 4.90. The third-order valence-electron chi connectivity index (χ3n) is 3.38. The monoisotopic (exact) mass is 279 g/mol. The van der Waals surface area contributed by atoms with Crippen LogP contribution in [-0.2, 0) is 0 Å². The number of nitrogens with one attached hydrogen (secondary N) is 1. The second-order valence-electron chi connectivity index (χ2n) is 4.94. The number of hydrogen-bond donors (Lipinski definition) is 2. The predicted octanol–water partition coefficient (Wildman–Crippen LogP) is 3.08. The number of hydrogen-bond acceptors (Lipinski definition) is 4. The largest absolute Gasteiger partial charge is 0.507 e. The van der Waals surface area contributed by atoms with Gasteiger partial charge in [-0.15, -0.1) is 0 Å². The first-order valence-electron chi connectivity index (χ1n) is 6.52. The third kappa shape index (κ3) is 2.31. The van der Waals surface area contributed by atoms with Gasteiger partial charge >= 0.3 is 0 Å². The molecular weight excluding hydrogens is 266 g/mol. The number of allylic oxidation sites excluding steroid dienone is 2. The van der Waals surface area contributed by atoms with Crippen LogP contribution in [0, 0.1) is 6.92 Å². The fraction of sp³-hybridized carbons (Fsp3) is 0.0588. The molecule has 1 aliphatic carbocycles. The van der Waals surface area contributed by atoms with E-state index in [4.69, 9.17) is 0 Å². The van der Waals surface area contributed by atoms with Gasteiger partial charge in [-0.1, -0.05) is 23.8 Å². The quantitative estimate of drug-likeness (QED) is 0.886. The second-order valence-corrected chi connectivity index (χ2v) is 4.94. The van der Waals surface area contributed by atoms with Crippen molar-refractivity contribution in [2.45, 2.75) is 6.92 Å². The van der Waals surface area contributed by atoms with Crippen molar-refractivity contribution in [2.75, 3.05) is 5.32 Å². The van der Waals surface area contributed by atoms with E-state index in [0.29, 0.717) is 0 Å². The molecule has 0 heterocycles. The number of fused-ring (bicyclic) bond motifs is 1. The summed E-state index contributed by atoms with van der Waals surface area (Å²) in [6, 6.07) is 12.0. The summed E-state index contributed by atoms with van der Waals surface area (Å²) in [4.78, 5) is 24.5. The van der Waals surface area contributed by atoms with E-state index in [1.54, 1.807) is 12.1 Å². The van der Waals surface area contributed by atoms with Gasteiger partial charge < -0.3 is 10.4 Å². The normalized spacial score (nSPS) is 13.7. The van der Waals surface area contributed by atoms with Gasteiger partial charge in [-0.05, 0) is 31.2 Å². The molecule has 0 aromatic heterocycles. The molecule has 0 aliphatic heterocycles. The van der Waals surface area contributed by atoms with E-state index in [1.165, 1.54) is 12.1 Å². The Morgan fingerprint density at radius 2 is 1.71 bits per heavy atom. The summed E-state index contributed by atoms with van der Waals surface area (Å²) in [5.74, 6) is -0.852. The molecule has 4 nitrogen and oxygen atoms in total. The van der Waals surface area contributed by atoms with Gasteiger partial charge in [0.15, 0.2) is 5.78 Å². The van der Waals surface area contributed by atoms with E-state index in [2.05, 4.69) is 5.32 Å². The maximum absolute atomic E-state index is 12.4. The summed E-state index contributed by atoms with van der Waals surface area (Å²) in [6.45, 7) is 1.97. The van der Waals surface area contributed by atoms with Crippen molar-refractivity contribution in [2.24, 2.45) is 0 Å². The van der Waals surface area contributed by atoms with E-state index < -0.39 is 0 Å². The minimum Gasteiger partial charge on any atom is -0.507 e. The number of ketones is 2. The summed E-state index contributed by atoms with van der Waals surface area (Å²) < 4.78 is 0. The van der Waals surface area contributed by atoms with Crippen molar-refractivity contribution in [3.63, 3.8) is 0 Å². The Labute approximate surface area is 121 Å². The van der Waals surface area contributed by atoms with E-state index in [9.17, 15) is 14.7 Å². The van der Waals surface area contributed by atoms with Gasteiger partial charge in [0.25, 0.3) is 0 Å². The van der Waals surface area contributed by atoms with Crippen LogP contribution < -0.4 is 5.32 Å². The fourth-order valence-electron chi connectivity index (χ4n) is 2.29. The van der Waals surface area contributed by atoms with Crippen molar-refractivity contribution in [3.05, 3.63) is 70.9 Å². The van der Waals surface area contributed by atoms with Crippen molar-refractivity contribution in [1.82, 2.24) is 0 Å². The van der Waals surface area contributed by atoms with Crippen molar-refractivity contribution < 1.29 is 14.7 Å². The molecular formula is C17H13NO3. The molecule has 0 spiro atoms. The number of anilines is 1. The van der Waals surface area contributed by atoms with Gasteiger partial charge in [0.05, 0.1) is 11.3 Å². The molecule has 3 rings (SSSR count). The van der Waals surface area contributed by atoms with Crippen LogP contribution in [0.3, 0.4) is 0 Å². The highest BCUT2D eigenvalue weighted by Crippen LogP contribution is 2.28. The van der Waals surface area contributed by atoms with E-state index in [0.717, 1.165) is 11.3 Å². The Morgan fingerprint density at radius 3 is 2.43 bits per heavy atom. The van der Waals surface area contributed by atoms with E-state index >= 15 is 0 Å². The Hall–Kier alpha value is -2.88. The number of rotatable bonds is 2. The van der Waals surface area contributed by atoms with Crippen LogP contribution >= 0.6 is 0 Å². The topological polar surface area (TPSA) is 66.4 Å². The number of carbonyl (C=O) groups excluding carboxylic acids is 2. The van der Waals surface area contributed by atoms with E-state index in [-0.39, 0.29) is 34.1 Å². The van der Waals surface area contributed by atoms with Crippen molar-refractivity contribution >= 4 is 17.3 Å². The molecule has 21 heavy (non-hydrogen) atoms. The number of aryl methyl sites for hydroxylation is 1. The van der Waals surface area contributed by atoms with Crippen LogP contribution in [0.25, 0.3) is 0 Å². The minimum atomic E-state index is -0.377. The minimum absolute atomic E-state index is 0.0666. The van der Waals surface area contributed by atoms with Gasteiger partial charge in [0.2, 0.25) is 5.78 Å². The molecule has 0 saturated carbocycles. The maximum Gasteiger partial charge on any atom is 0.210 e. The molecule has 0 radical (unpaired) electrons. The molecule has 1 aliphatic rings. The number of benzene rings is 2. The highest BCUT2D eigenvalue weighted by molar-refractivity contribution is 6.26. The number of aromatic hydroxyl groups is 1. The lowest BCUT2D eigenvalue weighted by molar-refractivity contribution is 0.0983. The lowest BCUT2D eigenvalue weighted by Gasteiger charge is -2.17. The van der Waals surface area contributed by atoms with Gasteiger partial charge in [-0.25, -0.2) is 0 Å². The summed E-state index contributed by atoms with van der Waals surface area (Å²) in [7, 11) is 0. The van der Waals surface area contributed by atoms with Crippen LogP contribution in [0.4, 0.5) is 5.69 Å². The molecule has 104 valence electrons. The molecule has 0 fully saturated rings. The molecule has 0 amide bonds. The first-order valence-corrected chi connectivity index (χ1v) is 6.52. The SMILES string of the molecule is Cc1ccc(NC2=CC(=O)c3c(O)cccc3C2=O)cc1.